The van der Waals surface area contributed by atoms with Crippen LogP contribution in [-0.2, 0) is 32.8 Å². The lowest BCUT2D eigenvalue weighted by Gasteiger charge is -2.47. The van der Waals surface area contributed by atoms with E-state index in [2.05, 4.69) is 24.3 Å². The highest BCUT2D eigenvalue weighted by molar-refractivity contribution is 6.31. The van der Waals surface area contributed by atoms with Crippen LogP contribution in [0.4, 0.5) is 0 Å². The van der Waals surface area contributed by atoms with Crippen LogP contribution in [0.3, 0.4) is 0 Å². The molecule has 4 N–H and O–H groups in total. The normalized spacial score (nSPS) is 29.4. The highest BCUT2D eigenvalue weighted by atomic mass is 35.5. The Kier molecular flexibility index (Phi) is 8.28. The van der Waals surface area contributed by atoms with Crippen molar-refractivity contribution in [2.75, 3.05) is 20.3 Å². The van der Waals surface area contributed by atoms with Crippen molar-refractivity contribution in [3.05, 3.63) is 69.7 Å². The number of ether oxygens (including phenoxy) is 3. The van der Waals surface area contributed by atoms with Gasteiger partial charge < -0.3 is 34.6 Å². The molecule has 2 aromatic rings. The Morgan fingerprint density at radius 3 is 2.38 bits per heavy atom. The summed E-state index contributed by atoms with van der Waals surface area (Å²) in [7, 11) is 1.34. The van der Waals surface area contributed by atoms with Gasteiger partial charge in [-0.25, -0.2) is 0 Å². The van der Waals surface area contributed by atoms with Crippen molar-refractivity contribution in [1.82, 2.24) is 0 Å². The molecule has 1 aliphatic carbocycles. The third kappa shape index (κ3) is 5.48. The fraction of sp³-hybridized carbons (Fsp3) is 0.538. The van der Waals surface area contributed by atoms with Gasteiger partial charge in [0.05, 0.1) is 12.7 Å². The summed E-state index contributed by atoms with van der Waals surface area (Å²) in [6, 6.07) is 13.4. The van der Waals surface area contributed by atoms with Crippen molar-refractivity contribution in [1.29, 1.82) is 0 Å². The molecule has 0 aromatic heterocycles. The molecule has 7 nitrogen and oxygen atoms in total. The first-order chi connectivity index (χ1) is 16.4. The molecule has 0 radical (unpaired) electrons. The Labute approximate surface area is 204 Å². The van der Waals surface area contributed by atoms with Gasteiger partial charge in [-0.1, -0.05) is 41.9 Å². The molecular weight excluding hydrogens is 460 g/mol. The van der Waals surface area contributed by atoms with Gasteiger partial charge >= 0.3 is 0 Å². The van der Waals surface area contributed by atoms with Crippen LogP contribution < -0.4 is 0 Å². The lowest BCUT2D eigenvalue weighted by molar-refractivity contribution is -0.366. The average Bonchev–Trinajstić information content (AvgIpc) is 3.68. The van der Waals surface area contributed by atoms with Gasteiger partial charge in [-0.15, -0.1) is 0 Å². The van der Waals surface area contributed by atoms with E-state index in [1.54, 1.807) is 18.2 Å². The van der Waals surface area contributed by atoms with E-state index in [9.17, 15) is 20.4 Å². The van der Waals surface area contributed by atoms with Gasteiger partial charge in [0.25, 0.3) is 0 Å². The van der Waals surface area contributed by atoms with E-state index < -0.39 is 36.8 Å². The van der Waals surface area contributed by atoms with Crippen LogP contribution in [-0.4, -0.2) is 71.3 Å². The van der Waals surface area contributed by atoms with Gasteiger partial charge in [-0.3, -0.25) is 0 Å². The number of rotatable bonds is 10. The summed E-state index contributed by atoms with van der Waals surface area (Å²) in [5.41, 5.74) is 3.54. The second-order valence-corrected chi connectivity index (χ2v) is 9.52. The van der Waals surface area contributed by atoms with Crippen LogP contribution in [0.2, 0.25) is 5.02 Å². The van der Waals surface area contributed by atoms with E-state index in [4.69, 9.17) is 25.8 Å². The van der Waals surface area contributed by atoms with Crippen LogP contribution in [0, 0.1) is 0 Å². The minimum Gasteiger partial charge on any atom is -0.394 e. The Morgan fingerprint density at radius 2 is 1.74 bits per heavy atom. The third-order valence-electron chi connectivity index (χ3n) is 6.61. The molecule has 4 rings (SSSR count). The first-order valence-corrected chi connectivity index (χ1v) is 12.1. The predicted octanol–water partition coefficient (Wildman–Crippen LogP) is 2.32. The number of benzene rings is 2. The van der Waals surface area contributed by atoms with Crippen molar-refractivity contribution >= 4 is 11.6 Å². The van der Waals surface area contributed by atoms with Gasteiger partial charge in [-0.2, -0.15) is 0 Å². The highest BCUT2D eigenvalue weighted by Gasteiger charge is 2.55. The lowest BCUT2D eigenvalue weighted by atomic mass is 9.87. The molecule has 2 aromatic carbocycles. The van der Waals surface area contributed by atoms with Gasteiger partial charge in [0.2, 0.25) is 5.79 Å². The Balaban J connectivity index is 1.49. The van der Waals surface area contributed by atoms with E-state index in [1.807, 2.05) is 0 Å². The molecule has 5 atom stereocenters. The summed E-state index contributed by atoms with van der Waals surface area (Å²) >= 11 is 6.48. The van der Waals surface area contributed by atoms with E-state index in [-0.39, 0.29) is 0 Å². The molecule has 1 heterocycles. The minimum atomic E-state index is -1.77. The van der Waals surface area contributed by atoms with Crippen LogP contribution in [0.15, 0.2) is 42.5 Å². The number of aliphatic hydroxyl groups is 4. The van der Waals surface area contributed by atoms with Crippen molar-refractivity contribution in [3.8, 4) is 0 Å². The second-order valence-electron chi connectivity index (χ2n) is 9.11. The maximum atomic E-state index is 10.7. The van der Waals surface area contributed by atoms with Crippen molar-refractivity contribution in [2.24, 2.45) is 0 Å². The molecular formula is C26H33ClO7. The van der Waals surface area contributed by atoms with Gasteiger partial charge in [0.15, 0.2) is 0 Å². The largest absolute Gasteiger partial charge is 0.394 e. The standard InChI is InChI=1S/C26H33ClO7/c1-32-26(25(31)24(30)23(29)22(15-28)34-26)19-8-11-21(27)18(14-19)13-17-6-4-16(5-7-17)3-2-12-33-20-9-10-20/h4-8,11,14,20,22-25,28-31H,2-3,9-10,12-13,15H2,1H3/t22-,23-,24+,25-,26?/m1/s1. The molecule has 1 unspecified atom stereocenters. The summed E-state index contributed by atoms with van der Waals surface area (Å²) in [6.07, 6.45) is -0.326. The number of hydrogen-bond donors (Lipinski definition) is 4. The molecule has 2 aliphatic rings. The van der Waals surface area contributed by atoms with E-state index in [1.165, 1.54) is 25.5 Å². The fourth-order valence-corrected chi connectivity index (χ4v) is 4.58. The maximum absolute atomic E-state index is 10.7. The number of aryl methyl sites for hydroxylation is 1. The Morgan fingerprint density at radius 1 is 1.03 bits per heavy atom. The summed E-state index contributed by atoms with van der Waals surface area (Å²) in [6.45, 7) is 0.252. The summed E-state index contributed by atoms with van der Waals surface area (Å²) in [5.74, 6) is -1.77. The lowest BCUT2D eigenvalue weighted by Crippen LogP contribution is -2.64. The monoisotopic (exact) mass is 492 g/mol. The van der Waals surface area contributed by atoms with Crippen molar-refractivity contribution in [3.63, 3.8) is 0 Å². The van der Waals surface area contributed by atoms with Gasteiger partial charge in [0.1, 0.15) is 24.4 Å². The number of methoxy groups -OCH3 is 1. The molecule has 34 heavy (non-hydrogen) atoms. The molecule has 186 valence electrons. The van der Waals surface area contributed by atoms with E-state index >= 15 is 0 Å². The maximum Gasteiger partial charge on any atom is 0.224 e. The summed E-state index contributed by atoms with van der Waals surface area (Å²) in [5, 5.41) is 41.4. The van der Waals surface area contributed by atoms with Gasteiger partial charge in [0, 0.05) is 24.3 Å². The molecule has 0 spiro atoms. The highest BCUT2D eigenvalue weighted by Crippen LogP contribution is 2.40. The SMILES string of the molecule is COC1(c2ccc(Cl)c(Cc3ccc(CCCOC4CC4)cc3)c2)O[C@H](CO)[C@@H](O)[C@H](O)[C@H]1O. The first-order valence-electron chi connectivity index (χ1n) is 11.7. The van der Waals surface area contributed by atoms with E-state index in [0.717, 1.165) is 30.6 Å². The van der Waals surface area contributed by atoms with Crippen LogP contribution in [0.1, 0.15) is 41.5 Å². The van der Waals surface area contributed by atoms with Crippen LogP contribution >= 0.6 is 11.6 Å². The van der Waals surface area contributed by atoms with E-state index in [0.29, 0.717) is 23.1 Å². The molecule has 8 heteroatoms. The zero-order chi connectivity index (χ0) is 24.3. The zero-order valence-electron chi connectivity index (χ0n) is 19.3. The Hall–Kier alpha value is -1.55. The zero-order valence-corrected chi connectivity index (χ0v) is 20.0. The quantitative estimate of drug-likeness (QED) is 0.377. The second kappa shape index (κ2) is 11.0. The minimum absolute atomic E-state index is 0.429. The molecule has 2 fully saturated rings. The van der Waals surface area contributed by atoms with Gasteiger partial charge in [-0.05, 0) is 60.9 Å². The topological polar surface area (TPSA) is 109 Å². The summed E-state index contributed by atoms with van der Waals surface area (Å²) in [4.78, 5) is 0. The molecule has 1 saturated carbocycles. The number of aliphatic hydroxyl groups excluding tert-OH is 4. The predicted molar refractivity (Wildman–Crippen MR) is 127 cm³/mol. The molecule has 0 amide bonds. The first kappa shape index (κ1) is 25.5. The average molecular weight is 493 g/mol. The summed E-state index contributed by atoms with van der Waals surface area (Å²) < 4.78 is 17.0. The van der Waals surface area contributed by atoms with Crippen LogP contribution in [0.25, 0.3) is 0 Å². The molecule has 1 aliphatic heterocycles. The van der Waals surface area contributed by atoms with Crippen molar-refractivity contribution < 1.29 is 34.6 Å². The molecule has 0 bridgehead atoms. The Bertz CT molecular complexity index is 947. The fourth-order valence-electron chi connectivity index (χ4n) is 4.40. The smallest absolute Gasteiger partial charge is 0.224 e. The van der Waals surface area contributed by atoms with Crippen molar-refractivity contribution in [2.45, 2.75) is 68.4 Å². The third-order valence-corrected chi connectivity index (χ3v) is 6.98. The van der Waals surface area contributed by atoms with Crippen LogP contribution in [0.5, 0.6) is 0 Å². The number of hydrogen-bond acceptors (Lipinski definition) is 7. The molecule has 1 saturated heterocycles. The number of halogens is 1.